The van der Waals surface area contributed by atoms with Gasteiger partial charge in [-0.05, 0) is 36.2 Å². The Hall–Kier alpha value is -2.70. The van der Waals surface area contributed by atoms with Gasteiger partial charge in [0.05, 0.1) is 25.8 Å². The highest BCUT2D eigenvalue weighted by Crippen LogP contribution is 2.36. The molecule has 2 saturated heterocycles. The van der Waals surface area contributed by atoms with E-state index in [1.165, 1.54) is 0 Å². The van der Waals surface area contributed by atoms with Crippen LogP contribution in [-0.4, -0.2) is 52.2 Å². The van der Waals surface area contributed by atoms with Crippen LogP contribution in [-0.2, 0) is 16.1 Å². The summed E-state index contributed by atoms with van der Waals surface area (Å²) in [6.07, 6.45) is 5.44. The number of hydrogen-bond donors (Lipinski definition) is 1. The minimum Gasteiger partial charge on any atom is -0.373 e. The number of likely N-dealkylation sites (tertiary alicyclic amines) is 1. The van der Waals surface area contributed by atoms with Gasteiger partial charge < -0.3 is 19.4 Å². The maximum atomic E-state index is 12.8. The summed E-state index contributed by atoms with van der Waals surface area (Å²) in [6.45, 7) is 2.50. The van der Waals surface area contributed by atoms with Crippen LogP contribution >= 0.6 is 0 Å². The van der Waals surface area contributed by atoms with Crippen LogP contribution in [0.2, 0.25) is 0 Å². The Morgan fingerprint density at radius 1 is 1.25 bits per heavy atom. The van der Waals surface area contributed by atoms with Crippen molar-refractivity contribution in [1.29, 1.82) is 0 Å². The molecule has 0 unspecified atom stereocenters. The maximum absolute atomic E-state index is 12.8. The number of para-hydroxylation sites is 1. The van der Waals surface area contributed by atoms with Gasteiger partial charge in [-0.2, -0.15) is 0 Å². The number of benzene rings is 1. The first kappa shape index (κ1) is 17.4. The molecule has 4 heterocycles. The van der Waals surface area contributed by atoms with Crippen LogP contribution in [0.3, 0.4) is 0 Å². The summed E-state index contributed by atoms with van der Waals surface area (Å²) >= 11 is 0. The number of pyridine rings is 1. The third-order valence-electron chi connectivity index (χ3n) is 5.69. The van der Waals surface area contributed by atoms with Crippen molar-refractivity contribution in [2.45, 2.75) is 31.2 Å². The highest BCUT2D eigenvalue weighted by atomic mass is 16.5. The molecule has 0 aliphatic carbocycles. The number of fused-ring (bicyclic) bond motifs is 1. The second-order valence-electron chi connectivity index (χ2n) is 7.74. The van der Waals surface area contributed by atoms with E-state index in [1.807, 2.05) is 47.4 Å². The van der Waals surface area contributed by atoms with E-state index in [9.17, 15) is 4.79 Å². The number of hydrogen-bond acceptors (Lipinski definition) is 4. The molecule has 1 aromatic carbocycles. The van der Waals surface area contributed by atoms with Gasteiger partial charge in [0.25, 0.3) is 5.91 Å². The number of amides is 1. The fourth-order valence-corrected chi connectivity index (χ4v) is 4.19. The summed E-state index contributed by atoms with van der Waals surface area (Å²) in [6, 6.07) is 13.8. The highest BCUT2D eigenvalue weighted by Gasteiger charge is 2.49. The normalized spacial score (nSPS) is 21.0. The van der Waals surface area contributed by atoms with Crippen molar-refractivity contribution in [3.8, 4) is 0 Å². The Morgan fingerprint density at radius 2 is 2.07 bits per heavy atom. The van der Waals surface area contributed by atoms with Crippen molar-refractivity contribution in [2.75, 3.05) is 19.7 Å². The number of H-pyrrole nitrogens is 1. The zero-order chi connectivity index (χ0) is 19.0. The molecule has 6 heteroatoms. The molecule has 2 aliphatic rings. The summed E-state index contributed by atoms with van der Waals surface area (Å²) in [5.41, 5.74) is 2.49. The third-order valence-corrected chi connectivity index (χ3v) is 5.69. The average molecular weight is 377 g/mol. The lowest BCUT2D eigenvalue weighted by molar-refractivity contribution is -0.188. The molecule has 0 bridgehead atoms. The van der Waals surface area contributed by atoms with Crippen molar-refractivity contribution in [3.63, 3.8) is 0 Å². The lowest BCUT2D eigenvalue weighted by atomic mass is 9.84. The van der Waals surface area contributed by atoms with Crippen LogP contribution in [0, 0.1) is 0 Å². The fourth-order valence-electron chi connectivity index (χ4n) is 4.19. The predicted molar refractivity (Wildman–Crippen MR) is 105 cm³/mol. The monoisotopic (exact) mass is 377 g/mol. The summed E-state index contributed by atoms with van der Waals surface area (Å²) < 4.78 is 12.2. The number of rotatable bonds is 4. The van der Waals surface area contributed by atoms with Crippen molar-refractivity contribution < 1.29 is 14.3 Å². The molecule has 0 saturated carbocycles. The smallest absolute Gasteiger partial charge is 0.270 e. The minimum atomic E-state index is -0.261. The van der Waals surface area contributed by atoms with E-state index in [0.29, 0.717) is 32.0 Å². The Morgan fingerprint density at radius 3 is 2.89 bits per heavy atom. The number of nitrogens with one attached hydrogen (secondary N) is 1. The van der Waals surface area contributed by atoms with Gasteiger partial charge >= 0.3 is 0 Å². The molecular weight excluding hydrogens is 354 g/mol. The topological polar surface area (TPSA) is 67.5 Å². The summed E-state index contributed by atoms with van der Waals surface area (Å²) in [5.74, 6) is 0.0326. The SMILES string of the molecule is O=C(c1cc2ccccc2[nH]1)N1CC2(C[C@@H](OCc3ccncc3)CCO2)C1. The molecule has 5 rings (SSSR count). The minimum absolute atomic E-state index is 0.0326. The lowest BCUT2D eigenvalue weighted by Crippen LogP contribution is -2.67. The third kappa shape index (κ3) is 3.30. The van der Waals surface area contributed by atoms with Crippen LogP contribution in [0.5, 0.6) is 0 Å². The Balaban J connectivity index is 1.19. The van der Waals surface area contributed by atoms with Gasteiger partial charge in [-0.3, -0.25) is 9.78 Å². The first-order chi connectivity index (χ1) is 13.7. The molecule has 6 nitrogen and oxygen atoms in total. The van der Waals surface area contributed by atoms with Crippen molar-refractivity contribution >= 4 is 16.8 Å². The van der Waals surface area contributed by atoms with E-state index >= 15 is 0 Å². The van der Waals surface area contributed by atoms with Crippen molar-refractivity contribution in [3.05, 3.63) is 66.1 Å². The van der Waals surface area contributed by atoms with Gasteiger partial charge in [-0.15, -0.1) is 0 Å². The molecule has 1 amide bonds. The number of nitrogens with zero attached hydrogens (tertiary/aromatic N) is 2. The first-order valence-corrected chi connectivity index (χ1v) is 9.72. The predicted octanol–water partition coefficient (Wildman–Crippen LogP) is 3.15. The van der Waals surface area contributed by atoms with Crippen LogP contribution in [0.1, 0.15) is 28.9 Å². The van der Waals surface area contributed by atoms with Crippen LogP contribution in [0.15, 0.2) is 54.9 Å². The van der Waals surface area contributed by atoms with Crippen LogP contribution in [0.25, 0.3) is 10.9 Å². The zero-order valence-corrected chi connectivity index (χ0v) is 15.6. The largest absolute Gasteiger partial charge is 0.373 e. The molecule has 1 N–H and O–H groups in total. The van der Waals surface area contributed by atoms with E-state index in [0.717, 1.165) is 29.3 Å². The number of aromatic amines is 1. The number of carbonyl (C=O) groups excluding carboxylic acids is 1. The molecule has 144 valence electrons. The molecular formula is C22H23N3O3. The average Bonchev–Trinajstić information content (AvgIpc) is 3.15. The van der Waals surface area contributed by atoms with Crippen LogP contribution < -0.4 is 0 Å². The molecule has 3 aromatic rings. The van der Waals surface area contributed by atoms with E-state index in [-0.39, 0.29) is 17.6 Å². The summed E-state index contributed by atoms with van der Waals surface area (Å²) in [4.78, 5) is 21.9. The molecule has 0 radical (unpaired) electrons. The van der Waals surface area contributed by atoms with Gasteiger partial charge in [-0.25, -0.2) is 0 Å². The Bertz CT molecular complexity index is 946. The molecule has 2 fully saturated rings. The van der Waals surface area contributed by atoms with E-state index in [1.54, 1.807) is 12.4 Å². The van der Waals surface area contributed by atoms with Crippen molar-refractivity contribution in [2.24, 2.45) is 0 Å². The fraction of sp³-hybridized carbons (Fsp3) is 0.364. The standard InChI is InChI=1S/C22H23N3O3/c26-21(20-11-17-3-1-2-4-19(17)24-20)25-14-22(15-25)12-18(7-10-28-22)27-13-16-5-8-23-9-6-16/h1-6,8-9,11,18,24H,7,10,12-15H2/t18-/m0/s1. The first-order valence-electron chi connectivity index (χ1n) is 9.72. The maximum Gasteiger partial charge on any atom is 0.270 e. The van der Waals surface area contributed by atoms with Crippen LogP contribution in [0.4, 0.5) is 0 Å². The molecule has 28 heavy (non-hydrogen) atoms. The van der Waals surface area contributed by atoms with Gasteiger partial charge in [-0.1, -0.05) is 18.2 Å². The van der Waals surface area contributed by atoms with Gasteiger partial charge in [0.1, 0.15) is 11.3 Å². The molecule has 2 aliphatic heterocycles. The molecule has 2 aromatic heterocycles. The number of ether oxygens (including phenoxy) is 2. The molecule has 1 spiro atoms. The van der Waals surface area contributed by atoms with E-state index < -0.39 is 0 Å². The van der Waals surface area contributed by atoms with Crippen molar-refractivity contribution in [1.82, 2.24) is 14.9 Å². The highest BCUT2D eigenvalue weighted by molar-refractivity contribution is 5.98. The van der Waals surface area contributed by atoms with E-state index in [4.69, 9.17) is 9.47 Å². The second kappa shape index (κ2) is 7.04. The summed E-state index contributed by atoms with van der Waals surface area (Å²) in [7, 11) is 0. The Kier molecular flexibility index (Phi) is 4.37. The van der Waals surface area contributed by atoms with Gasteiger partial charge in [0.2, 0.25) is 0 Å². The molecule has 1 atom stereocenters. The quantitative estimate of drug-likeness (QED) is 0.758. The number of carbonyl (C=O) groups is 1. The Labute approximate surface area is 163 Å². The van der Waals surface area contributed by atoms with E-state index in [2.05, 4.69) is 9.97 Å². The van der Waals surface area contributed by atoms with Gasteiger partial charge in [0, 0.05) is 36.3 Å². The lowest BCUT2D eigenvalue weighted by Gasteiger charge is -2.52. The van der Waals surface area contributed by atoms with Gasteiger partial charge in [0.15, 0.2) is 0 Å². The zero-order valence-electron chi connectivity index (χ0n) is 15.6. The number of aromatic nitrogens is 2. The summed E-state index contributed by atoms with van der Waals surface area (Å²) in [5, 5.41) is 1.06. The second-order valence-corrected chi connectivity index (χ2v) is 7.74.